The van der Waals surface area contributed by atoms with E-state index in [0.29, 0.717) is 17.8 Å². The molecule has 1 amide bonds. The second-order valence-corrected chi connectivity index (χ2v) is 13.1. The molecule has 0 bridgehead atoms. The summed E-state index contributed by atoms with van der Waals surface area (Å²) >= 11 is 0. The van der Waals surface area contributed by atoms with Crippen molar-refractivity contribution < 1.29 is 24.2 Å². The van der Waals surface area contributed by atoms with E-state index in [1.165, 1.54) is 41.6 Å². The van der Waals surface area contributed by atoms with Crippen LogP contribution in [0.15, 0.2) is 89.7 Å². The van der Waals surface area contributed by atoms with E-state index in [2.05, 4.69) is 70.7 Å². The van der Waals surface area contributed by atoms with Crippen LogP contribution in [0.1, 0.15) is 98.3 Å². The van der Waals surface area contributed by atoms with Crippen LogP contribution in [0.5, 0.6) is 0 Å². The molecule has 4 rings (SSSR count). The average molecular weight is 633 g/mol. The summed E-state index contributed by atoms with van der Waals surface area (Å²) < 4.78 is 5.72. The van der Waals surface area contributed by atoms with Gasteiger partial charge in [0.2, 0.25) is 5.91 Å². The van der Waals surface area contributed by atoms with Gasteiger partial charge in [-0.15, -0.1) is 0 Å². The second-order valence-electron chi connectivity index (χ2n) is 13.1. The van der Waals surface area contributed by atoms with Crippen molar-refractivity contribution in [3.8, 4) is 0 Å². The zero-order valence-electron chi connectivity index (χ0n) is 28.5. The Hall–Kier alpha value is -3.74. The van der Waals surface area contributed by atoms with Gasteiger partial charge >= 0.3 is 5.97 Å². The Balaban J connectivity index is 0.000000524. The Morgan fingerprint density at radius 1 is 1.07 bits per heavy atom. The summed E-state index contributed by atoms with van der Waals surface area (Å²) in [5.41, 5.74) is 11.0. The second kappa shape index (κ2) is 18.4. The largest absolute Gasteiger partial charge is 0.483 e. The lowest BCUT2D eigenvalue weighted by atomic mass is 9.47. The number of allylic oxidation sites excluding steroid dienone is 9. The molecule has 6 atom stereocenters. The maximum absolute atomic E-state index is 12.1. The molecule has 2 fully saturated rings. The highest BCUT2D eigenvalue weighted by molar-refractivity contribution is 5.86. The topological polar surface area (TPSA) is 119 Å². The Morgan fingerprint density at radius 3 is 2.35 bits per heavy atom. The molecule has 0 aliphatic heterocycles. The highest BCUT2D eigenvalue weighted by atomic mass is 16.5. The zero-order valence-corrected chi connectivity index (χ0v) is 28.5. The monoisotopic (exact) mass is 632 g/mol. The van der Waals surface area contributed by atoms with E-state index in [0.717, 1.165) is 38.5 Å². The zero-order chi connectivity index (χ0) is 34.3. The highest BCUT2D eigenvalue weighted by Crippen LogP contribution is 2.65. The molecule has 0 saturated heterocycles. The van der Waals surface area contributed by atoms with Gasteiger partial charge < -0.3 is 15.6 Å². The SMILES string of the molecule is C=C/C=C(\C=C)CCC.C=CN=C/C(=C\C)C1=CCC2C3CC=C4CC(OC(=O)CCC(N)=O)CCC4(C)C3CCC12C.O=CO. The summed E-state index contributed by atoms with van der Waals surface area (Å²) in [6.45, 7) is 20.0. The first-order chi connectivity index (χ1) is 22.0. The fraction of sp³-hybridized carbons (Fsp3) is 0.538. The normalized spacial score (nSPS) is 29.9. The number of nitrogens with two attached hydrogens (primary N) is 1. The third kappa shape index (κ3) is 9.40. The molecule has 0 heterocycles. The minimum Gasteiger partial charge on any atom is -0.483 e. The van der Waals surface area contributed by atoms with E-state index in [9.17, 15) is 9.59 Å². The number of carbonyl (C=O) groups excluding carboxylic acids is 2. The molecular weight excluding hydrogens is 576 g/mol. The van der Waals surface area contributed by atoms with Gasteiger partial charge in [0.25, 0.3) is 6.47 Å². The van der Waals surface area contributed by atoms with Gasteiger partial charge in [0.05, 0.1) is 6.42 Å². The molecule has 7 heteroatoms. The summed E-state index contributed by atoms with van der Waals surface area (Å²) in [6.07, 6.45) is 26.2. The fourth-order valence-corrected chi connectivity index (χ4v) is 8.34. The number of carbonyl (C=O) groups is 3. The molecule has 0 aromatic heterocycles. The van der Waals surface area contributed by atoms with Crippen LogP contribution < -0.4 is 5.73 Å². The quantitative estimate of drug-likeness (QED) is 0.0777. The van der Waals surface area contributed by atoms with Crippen molar-refractivity contribution in [1.29, 1.82) is 0 Å². The van der Waals surface area contributed by atoms with Crippen molar-refractivity contribution in [1.82, 2.24) is 0 Å². The number of aliphatic imine (C=N–C) groups is 1. The van der Waals surface area contributed by atoms with Crippen LogP contribution in [0.3, 0.4) is 0 Å². The lowest BCUT2D eigenvalue weighted by Gasteiger charge is -2.58. The highest BCUT2D eigenvalue weighted by Gasteiger charge is 2.57. The number of ether oxygens (including phenoxy) is 1. The standard InChI is InChI=1S/C29H40N2O3.C9H14.CH2O2/c1-5-19(18-31-6-2)23-9-10-24-22-8-7-20-17-21(34-27(33)12-11-26(30)32)13-15-28(20,3)25(22)14-16-29(23,24)4;1-4-7-9(6-3)8-5-2;2-1-3/h5-7,9,18,21-22,24-25H,2,8,10-17H2,1,3-4H3,(H2,30,32);4,6-7H,1,3,5,8H2,2H3;1H,(H,2,3)/b19-5+,31-18?;9-7+;. The first-order valence-corrected chi connectivity index (χ1v) is 16.7. The summed E-state index contributed by atoms with van der Waals surface area (Å²) in [5.74, 6) is 1.26. The molecule has 46 heavy (non-hydrogen) atoms. The summed E-state index contributed by atoms with van der Waals surface area (Å²) in [4.78, 5) is 35.8. The lowest BCUT2D eigenvalue weighted by molar-refractivity contribution is -0.152. The molecule has 4 aliphatic carbocycles. The van der Waals surface area contributed by atoms with E-state index in [1.54, 1.807) is 12.3 Å². The molecule has 0 spiro atoms. The number of nitrogens with zero attached hydrogens (tertiary/aromatic N) is 1. The van der Waals surface area contributed by atoms with Gasteiger partial charge in [0.1, 0.15) is 6.10 Å². The fourth-order valence-electron chi connectivity index (χ4n) is 8.34. The number of primary amides is 1. The molecule has 2 saturated carbocycles. The third-order valence-corrected chi connectivity index (χ3v) is 10.6. The Morgan fingerprint density at radius 2 is 1.76 bits per heavy atom. The van der Waals surface area contributed by atoms with Gasteiger partial charge in [-0.1, -0.05) is 89.0 Å². The van der Waals surface area contributed by atoms with Gasteiger partial charge in [-0.2, -0.15) is 0 Å². The van der Waals surface area contributed by atoms with Gasteiger partial charge in [-0.05, 0) is 97.2 Å². The number of hydrogen-bond donors (Lipinski definition) is 2. The molecular formula is C39H56N2O5. The van der Waals surface area contributed by atoms with E-state index in [1.807, 2.05) is 18.4 Å². The van der Waals surface area contributed by atoms with Crippen molar-refractivity contribution in [3.63, 3.8) is 0 Å². The molecule has 0 radical (unpaired) electrons. The Bertz CT molecular complexity index is 1270. The van der Waals surface area contributed by atoms with Crippen LogP contribution in [0.4, 0.5) is 0 Å². The number of hydrogen-bond acceptors (Lipinski definition) is 5. The van der Waals surface area contributed by atoms with Gasteiger partial charge in [-0.25, -0.2) is 0 Å². The van der Waals surface area contributed by atoms with Crippen LogP contribution >= 0.6 is 0 Å². The van der Waals surface area contributed by atoms with Crippen molar-refractivity contribution in [2.24, 2.45) is 39.3 Å². The van der Waals surface area contributed by atoms with Gasteiger partial charge in [0.15, 0.2) is 0 Å². The van der Waals surface area contributed by atoms with Crippen molar-refractivity contribution in [2.45, 2.75) is 104 Å². The minimum atomic E-state index is -0.461. The summed E-state index contributed by atoms with van der Waals surface area (Å²) in [7, 11) is 0. The molecule has 6 unspecified atom stereocenters. The van der Waals surface area contributed by atoms with Crippen molar-refractivity contribution in [2.75, 3.05) is 0 Å². The maximum atomic E-state index is 12.1. The first kappa shape index (κ1) is 38.4. The van der Waals surface area contributed by atoms with E-state index < -0.39 is 5.91 Å². The molecule has 7 nitrogen and oxygen atoms in total. The number of carboxylic acid groups (broad SMARTS) is 1. The summed E-state index contributed by atoms with van der Waals surface area (Å²) in [6, 6.07) is 0. The van der Waals surface area contributed by atoms with Crippen LogP contribution in [-0.2, 0) is 19.1 Å². The molecule has 0 aromatic rings. The van der Waals surface area contributed by atoms with Crippen LogP contribution in [0.25, 0.3) is 0 Å². The van der Waals surface area contributed by atoms with Gasteiger partial charge in [0, 0.05) is 25.3 Å². The number of esters is 1. The smallest absolute Gasteiger partial charge is 0.306 e. The average Bonchev–Trinajstić information content (AvgIpc) is 3.38. The summed E-state index contributed by atoms with van der Waals surface area (Å²) in [5, 5.41) is 6.89. The van der Waals surface area contributed by atoms with E-state index in [-0.39, 0.29) is 42.2 Å². The Kier molecular flexibility index (Phi) is 15.4. The maximum Gasteiger partial charge on any atom is 0.306 e. The van der Waals surface area contributed by atoms with Gasteiger partial charge in [-0.3, -0.25) is 19.4 Å². The van der Waals surface area contributed by atoms with Crippen molar-refractivity contribution in [3.05, 3.63) is 84.7 Å². The number of amides is 1. The van der Waals surface area contributed by atoms with Crippen LogP contribution in [0, 0.1) is 28.6 Å². The van der Waals surface area contributed by atoms with Crippen LogP contribution in [0.2, 0.25) is 0 Å². The predicted molar refractivity (Wildman–Crippen MR) is 188 cm³/mol. The Labute approximate surface area is 276 Å². The third-order valence-electron chi connectivity index (χ3n) is 10.6. The lowest BCUT2D eigenvalue weighted by Crippen LogP contribution is -2.50. The van der Waals surface area contributed by atoms with Crippen molar-refractivity contribution >= 4 is 24.6 Å². The first-order valence-electron chi connectivity index (χ1n) is 16.7. The van der Waals surface area contributed by atoms with E-state index in [4.69, 9.17) is 20.4 Å². The number of fused-ring (bicyclic) bond motifs is 5. The number of rotatable bonds is 11. The van der Waals surface area contributed by atoms with E-state index >= 15 is 0 Å². The molecule has 0 aromatic carbocycles. The molecule has 3 N–H and O–H groups in total. The molecule has 252 valence electrons. The van der Waals surface area contributed by atoms with Crippen LogP contribution in [-0.4, -0.2) is 35.8 Å². The molecule has 4 aliphatic rings. The minimum absolute atomic E-state index is 0.0558. The predicted octanol–water partition coefficient (Wildman–Crippen LogP) is 8.61.